The monoisotopic (exact) mass is 325 g/mol. The van der Waals surface area contributed by atoms with Crippen molar-refractivity contribution in [2.75, 3.05) is 43.4 Å². The highest BCUT2D eigenvalue weighted by Crippen LogP contribution is 2.28. The first-order valence-corrected chi connectivity index (χ1v) is 8.42. The number of guanidine groups is 1. The van der Waals surface area contributed by atoms with Crippen molar-refractivity contribution in [3.05, 3.63) is 30.1 Å². The van der Waals surface area contributed by atoms with Gasteiger partial charge in [-0.1, -0.05) is 0 Å². The molecule has 4 rings (SSSR count). The van der Waals surface area contributed by atoms with Crippen molar-refractivity contribution in [3.8, 4) is 0 Å². The Balaban J connectivity index is 1.49. The maximum absolute atomic E-state index is 4.73. The number of aromatic nitrogens is 1. The summed E-state index contributed by atoms with van der Waals surface area (Å²) in [6, 6.07) is 4.12. The van der Waals surface area contributed by atoms with Gasteiger partial charge in [-0.2, -0.15) is 0 Å². The minimum Gasteiger partial charge on any atom is -0.369 e. The fraction of sp³-hybridized carbons (Fsp3) is 0.471. The van der Waals surface area contributed by atoms with E-state index in [4.69, 9.17) is 4.99 Å². The molecule has 1 aromatic rings. The molecule has 0 saturated carbocycles. The Morgan fingerprint density at radius 1 is 1.29 bits per heavy atom. The lowest BCUT2D eigenvalue weighted by molar-refractivity contribution is 0.342. The van der Waals surface area contributed by atoms with E-state index in [1.165, 1.54) is 11.3 Å². The first-order valence-electron chi connectivity index (χ1n) is 8.42. The third-order valence-electron chi connectivity index (χ3n) is 4.75. The molecule has 7 nitrogen and oxygen atoms in total. The van der Waals surface area contributed by atoms with Crippen LogP contribution in [0, 0.1) is 5.92 Å². The van der Waals surface area contributed by atoms with Crippen molar-refractivity contribution in [3.63, 3.8) is 0 Å². The number of nitrogens with one attached hydrogen (secondary N) is 2. The van der Waals surface area contributed by atoms with E-state index in [1.54, 1.807) is 0 Å². The van der Waals surface area contributed by atoms with Gasteiger partial charge in [-0.3, -0.25) is 0 Å². The van der Waals surface area contributed by atoms with Crippen LogP contribution in [0.3, 0.4) is 0 Å². The van der Waals surface area contributed by atoms with Crippen LogP contribution in [0.4, 0.5) is 11.5 Å². The number of rotatable bonds is 2. The number of hydrogen-bond donors (Lipinski definition) is 2. The zero-order chi connectivity index (χ0) is 16.5. The zero-order valence-electron chi connectivity index (χ0n) is 14.1. The van der Waals surface area contributed by atoms with E-state index in [0.717, 1.165) is 32.0 Å². The highest BCUT2D eigenvalue weighted by Gasteiger charge is 2.32. The van der Waals surface area contributed by atoms with Gasteiger partial charge in [-0.05, 0) is 18.6 Å². The second-order valence-electron chi connectivity index (χ2n) is 6.47. The van der Waals surface area contributed by atoms with Crippen LogP contribution in [0.1, 0.15) is 6.92 Å². The quantitative estimate of drug-likeness (QED) is 0.853. The van der Waals surface area contributed by atoms with E-state index in [2.05, 4.69) is 62.7 Å². The lowest BCUT2D eigenvalue weighted by Crippen LogP contribution is -2.43. The minimum atomic E-state index is 0.0985. The molecule has 3 aliphatic heterocycles. The molecular formula is C17H23N7. The topological polar surface area (TPSA) is 68.2 Å². The summed E-state index contributed by atoms with van der Waals surface area (Å²) in [4.78, 5) is 18.1. The Morgan fingerprint density at radius 3 is 2.96 bits per heavy atom. The summed E-state index contributed by atoms with van der Waals surface area (Å²) < 4.78 is 0. The molecule has 0 aromatic carbocycles. The Morgan fingerprint density at radius 2 is 2.12 bits per heavy atom. The Bertz CT molecular complexity index is 703. The van der Waals surface area contributed by atoms with Crippen molar-refractivity contribution in [1.29, 1.82) is 0 Å². The van der Waals surface area contributed by atoms with Crippen LogP contribution in [-0.2, 0) is 0 Å². The highest BCUT2D eigenvalue weighted by molar-refractivity contribution is 6.00. The molecule has 0 radical (unpaired) electrons. The summed E-state index contributed by atoms with van der Waals surface area (Å²) in [5.41, 5.74) is 2.48. The summed E-state index contributed by atoms with van der Waals surface area (Å²) >= 11 is 0. The Kier molecular flexibility index (Phi) is 3.93. The summed E-state index contributed by atoms with van der Waals surface area (Å²) in [5, 5.41) is 6.63. The molecule has 0 amide bonds. The molecule has 7 heteroatoms. The molecule has 0 bridgehead atoms. The van der Waals surface area contributed by atoms with Crippen molar-refractivity contribution in [2.24, 2.45) is 15.9 Å². The number of aliphatic imine (C=N–C) groups is 2. The molecule has 0 spiro atoms. The van der Waals surface area contributed by atoms with Crippen LogP contribution in [-0.4, -0.2) is 61.5 Å². The zero-order valence-corrected chi connectivity index (χ0v) is 14.1. The fourth-order valence-electron chi connectivity index (χ4n) is 3.43. The second-order valence-corrected chi connectivity index (χ2v) is 6.47. The average Bonchev–Trinajstić information content (AvgIpc) is 2.90. The molecule has 4 heterocycles. The second kappa shape index (κ2) is 6.24. The first kappa shape index (κ1) is 15.1. The predicted molar refractivity (Wildman–Crippen MR) is 97.7 cm³/mol. The van der Waals surface area contributed by atoms with Gasteiger partial charge in [-0.25, -0.2) is 15.0 Å². The van der Waals surface area contributed by atoms with E-state index >= 15 is 0 Å². The summed E-state index contributed by atoms with van der Waals surface area (Å²) in [7, 11) is 2.05. The molecule has 1 aromatic heterocycles. The molecule has 126 valence electrons. The van der Waals surface area contributed by atoms with Gasteiger partial charge in [-0.15, -0.1) is 0 Å². The van der Waals surface area contributed by atoms with Crippen LogP contribution < -0.4 is 15.5 Å². The summed E-state index contributed by atoms with van der Waals surface area (Å²) in [5.74, 6) is 1.68. The van der Waals surface area contributed by atoms with E-state index in [9.17, 15) is 0 Å². The number of piperazine rings is 1. The maximum Gasteiger partial charge on any atom is 0.225 e. The van der Waals surface area contributed by atoms with Crippen LogP contribution >= 0.6 is 0 Å². The third kappa shape index (κ3) is 2.87. The molecule has 2 N–H and O–H groups in total. The number of anilines is 2. The largest absolute Gasteiger partial charge is 0.369 e. The van der Waals surface area contributed by atoms with Gasteiger partial charge in [0.25, 0.3) is 0 Å². The standard InChI is InChI=1S/C17H23N7/c1-12-11-23(2)16-14(12)10-20-17(22-16)21-15-9-13(3-4-19-15)24-7-5-18-6-8-24/h3-4,9-11,14,16,18H,5-8H2,1-2H3,(H,19,21,22). The first-order chi connectivity index (χ1) is 11.7. The number of fused-ring (bicyclic) bond motifs is 1. The van der Waals surface area contributed by atoms with E-state index in [1.807, 2.05) is 12.4 Å². The molecule has 3 aliphatic rings. The van der Waals surface area contributed by atoms with Crippen LogP contribution in [0.2, 0.25) is 0 Å². The molecular weight excluding hydrogens is 302 g/mol. The van der Waals surface area contributed by atoms with E-state index in [-0.39, 0.29) is 12.1 Å². The lowest BCUT2D eigenvalue weighted by Gasteiger charge is -2.29. The Labute approximate surface area is 142 Å². The molecule has 1 saturated heterocycles. The summed E-state index contributed by atoms with van der Waals surface area (Å²) in [6.07, 6.45) is 6.05. The molecule has 24 heavy (non-hydrogen) atoms. The van der Waals surface area contributed by atoms with Crippen LogP contribution in [0.15, 0.2) is 40.1 Å². The number of nitrogens with zero attached hydrogens (tertiary/aromatic N) is 5. The Hall–Kier alpha value is -2.41. The average molecular weight is 325 g/mol. The van der Waals surface area contributed by atoms with Crippen molar-refractivity contribution >= 4 is 23.7 Å². The van der Waals surface area contributed by atoms with Crippen molar-refractivity contribution in [1.82, 2.24) is 15.2 Å². The van der Waals surface area contributed by atoms with Gasteiger partial charge in [0.15, 0.2) is 0 Å². The molecule has 1 fully saturated rings. The number of hydrogen-bond acceptors (Lipinski definition) is 7. The predicted octanol–water partition coefficient (Wildman–Crippen LogP) is 1.13. The van der Waals surface area contributed by atoms with Crippen molar-refractivity contribution < 1.29 is 0 Å². The van der Waals surface area contributed by atoms with Gasteiger partial charge in [0.05, 0.1) is 5.92 Å². The molecule has 0 aliphatic carbocycles. The fourth-order valence-corrected chi connectivity index (χ4v) is 3.43. The van der Waals surface area contributed by atoms with Crippen LogP contribution in [0.5, 0.6) is 0 Å². The van der Waals surface area contributed by atoms with Gasteiger partial charge in [0.1, 0.15) is 12.0 Å². The normalized spacial score (nSPS) is 26.1. The van der Waals surface area contributed by atoms with Gasteiger partial charge in [0.2, 0.25) is 5.96 Å². The van der Waals surface area contributed by atoms with Gasteiger partial charge >= 0.3 is 0 Å². The summed E-state index contributed by atoms with van der Waals surface area (Å²) in [6.45, 7) is 6.19. The van der Waals surface area contributed by atoms with E-state index in [0.29, 0.717) is 5.96 Å². The minimum absolute atomic E-state index is 0.0985. The van der Waals surface area contributed by atoms with E-state index < -0.39 is 0 Å². The molecule has 2 unspecified atom stereocenters. The molecule has 2 atom stereocenters. The van der Waals surface area contributed by atoms with Gasteiger partial charge < -0.3 is 20.4 Å². The lowest BCUT2D eigenvalue weighted by atomic mass is 10.0. The third-order valence-corrected chi connectivity index (χ3v) is 4.75. The number of pyridine rings is 1. The SMILES string of the molecule is CC1=CN(C)C2N=C(Nc3cc(N4CCNCC4)ccn3)N=CC12. The van der Waals surface area contributed by atoms with Crippen LogP contribution in [0.25, 0.3) is 0 Å². The smallest absolute Gasteiger partial charge is 0.225 e. The maximum atomic E-state index is 4.73. The van der Waals surface area contributed by atoms with Gasteiger partial charge in [0, 0.05) is 63.6 Å². The highest BCUT2D eigenvalue weighted by atomic mass is 15.3. The van der Waals surface area contributed by atoms with Crippen molar-refractivity contribution in [2.45, 2.75) is 13.1 Å².